The fraction of sp³-hybridized carbons (Fsp3) is 0.143. The normalized spacial score (nSPS) is 11.1. The van der Waals surface area contributed by atoms with Gasteiger partial charge >= 0.3 is 6.36 Å². The lowest BCUT2D eigenvalue weighted by molar-refractivity contribution is -0.274. The van der Waals surface area contributed by atoms with Crippen LogP contribution in [0.1, 0.15) is 11.1 Å². The Morgan fingerprint density at radius 1 is 0.714 bits per heavy atom. The maximum Gasteiger partial charge on any atom is 0.573 e. The van der Waals surface area contributed by atoms with E-state index in [1.54, 1.807) is 12.1 Å². The van der Waals surface area contributed by atoms with Gasteiger partial charge < -0.3 is 14.8 Å². The molecule has 3 rings (SSSR count). The number of alkyl halides is 3. The fourth-order valence-electron chi connectivity index (χ4n) is 2.43. The molecule has 0 amide bonds. The van der Waals surface area contributed by atoms with Crippen LogP contribution < -0.4 is 14.8 Å². The maximum absolute atomic E-state index is 12.9. The molecular weight excluding hydrogens is 374 g/mol. The van der Waals surface area contributed by atoms with Gasteiger partial charge in [-0.25, -0.2) is 4.39 Å². The Bertz CT molecular complexity index is 876. The van der Waals surface area contributed by atoms with Crippen LogP contribution in [-0.2, 0) is 13.2 Å². The second kappa shape index (κ2) is 8.65. The summed E-state index contributed by atoms with van der Waals surface area (Å²) in [5.74, 6) is 0.130. The van der Waals surface area contributed by atoms with Gasteiger partial charge in [0, 0.05) is 12.2 Å². The molecule has 0 radical (unpaired) electrons. The van der Waals surface area contributed by atoms with Crippen molar-refractivity contribution in [3.63, 3.8) is 0 Å². The SMILES string of the molecule is Fc1ccc(COc2ccc(CNc3ccc(OC(F)(F)F)cc3)cc2)cc1. The number of anilines is 1. The van der Waals surface area contributed by atoms with Crippen molar-refractivity contribution in [2.75, 3.05) is 5.32 Å². The van der Waals surface area contributed by atoms with Gasteiger partial charge in [0.15, 0.2) is 0 Å². The van der Waals surface area contributed by atoms with Crippen molar-refractivity contribution in [2.24, 2.45) is 0 Å². The number of ether oxygens (including phenoxy) is 2. The summed E-state index contributed by atoms with van der Waals surface area (Å²) in [6, 6.07) is 19.0. The molecule has 0 spiro atoms. The lowest BCUT2D eigenvalue weighted by Gasteiger charge is -2.11. The van der Waals surface area contributed by atoms with Crippen molar-refractivity contribution in [1.82, 2.24) is 0 Å². The molecule has 0 aliphatic rings. The summed E-state index contributed by atoms with van der Waals surface area (Å²) in [7, 11) is 0. The lowest BCUT2D eigenvalue weighted by atomic mass is 10.2. The predicted octanol–water partition coefficient (Wildman–Crippen LogP) is 5.92. The van der Waals surface area contributed by atoms with Gasteiger partial charge in [0.05, 0.1) is 0 Å². The van der Waals surface area contributed by atoms with Gasteiger partial charge in [-0.05, 0) is 59.7 Å². The zero-order chi connectivity index (χ0) is 20.0. The molecule has 3 nitrogen and oxygen atoms in total. The lowest BCUT2D eigenvalue weighted by Crippen LogP contribution is -2.17. The van der Waals surface area contributed by atoms with Gasteiger partial charge in [-0.1, -0.05) is 24.3 Å². The minimum absolute atomic E-state index is 0.263. The fourth-order valence-corrected chi connectivity index (χ4v) is 2.43. The Morgan fingerprint density at radius 3 is 1.89 bits per heavy atom. The number of rotatable bonds is 7. The summed E-state index contributed by atoms with van der Waals surface area (Å²) in [4.78, 5) is 0. The second-order valence-electron chi connectivity index (χ2n) is 5.98. The van der Waals surface area contributed by atoms with E-state index in [2.05, 4.69) is 10.1 Å². The Labute approximate surface area is 159 Å². The van der Waals surface area contributed by atoms with Gasteiger partial charge in [0.1, 0.15) is 23.9 Å². The number of hydrogen-bond acceptors (Lipinski definition) is 3. The minimum atomic E-state index is -4.70. The summed E-state index contributed by atoms with van der Waals surface area (Å²) in [5.41, 5.74) is 2.51. The molecule has 0 aliphatic carbocycles. The molecule has 28 heavy (non-hydrogen) atoms. The van der Waals surface area contributed by atoms with Crippen molar-refractivity contribution in [1.29, 1.82) is 0 Å². The molecule has 0 saturated heterocycles. The molecule has 1 N–H and O–H groups in total. The summed E-state index contributed by atoms with van der Waals surface area (Å²) >= 11 is 0. The van der Waals surface area contributed by atoms with Crippen molar-refractivity contribution in [2.45, 2.75) is 19.5 Å². The highest BCUT2D eigenvalue weighted by molar-refractivity contribution is 5.47. The van der Waals surface area contributed by atoms with Crippen LogP contribution in [0.4, 0.5) is 23.2 Å². The van der Waals surface area contributed by atoms with E-state index < -0.39 is 6.36 Å². The van der Waals surface area contributed by atoms with Crippen LogP contribution in [0.15, 0.2) is 72.8 Å². The monoisotopic (exact) mass is 391 g/mol. The third kappa shape index (κ3) is 6.19. The van der Waals surface area contributed by atoms with E-state index in [0.29, 0.717) is 24.6 Å². The molecule has 0 aromatic heterocycles. The molecule has 0 atom stereocenters. The zero-order valence-corrected chi connectivity index (χ0v) is 14.7. The van der Waals surface area contributed by atoms with Crippen LogP contribution in [0.2, 0.25) is 0 Å². The first-order valence-electron chi connectivity index (χ1n) is 8.43. The van der Waals surface area contributed by atoms with Crippen LogP contribution in [0.5, 0.6) is 11.5 Å². The highest BCUT2D eigenvalue weighted by atomic mass is 19.4. The summed E-state index contributed by atoms with van der Waals surface area (Å²) in [6.45, 7) is 0.835. The Hall–Kier alpha value is -3.22. The van der Waals surface area contributed by atoms with E-state index >= 15 is 0 Å². The molecule has 3 aromatic rings. The Morgan fingerprint density at radius 2 is 1.29 bits per heavy atom. The van der Waals surface area contributed by atoms with Crippen molar-refractivity contribution in [3.05, 3.63) is 89.7 Å². The molecular formula is C21H17F4NO2. The number of benzene rings is 3. The first kappa shape index (κ1) is 19.5. The predicted molar refractivity (Wildman–Crippen MR) is 97.6 cm³/mol. The van der Waals surface area contributed by atoms with E-state index in [-0.39, 0.29) is 11.6 Å². The first-order chi connectivity index (χ1) is 13.4. The molecule has 0 bridgehead atoms. The van der Waals surface area contributed by atoms with Crippen LogP contribution in [0.3, 0.4) is 0 Å². The van der Waals surface area contributed by atoms with Crippen LogP contribution in [0.25, 0.3) is 0 Å². The minimum Gasteiger partial charge on any atom is -0.489 e. The largest absolute Gasteiger partial charge is 0.573 e. The van der Waals surface area contributed by atoms with Crippen LogP contribution in [-0.4, -0.2) is 6.36 Å². The van der Waals surface area contributed by atoms with Crippen molar-refractivity contribution in [3.8, 4) is 11.5 Å². The van der Waals surface area contributed by atoms with Crippen molar-refractivity contribution >= 4 is 5.69 Å². The standard InChI is InChI=1S/C21H17F4NO2/c22-17-5-1-16(2-6-17)14-27-19-9-3-15(4-10-19)13-26-18-7-11-20(12-8-18)28-21(23,24)25/h1-12,26H,13-14H2. The second-order valence-corrected chi connectivity index (χ2v) is 5.98. The summed E-state index contributed by atoms with van der Waals surface area (Å²) in [6.07, 6.45) is -4.70. The summed E-state index contributed by atoms with van der Waals surface area (Å²) < 4.78 is 58.8. The van der Waals surface area contributed by atoms with Gasteiger partial charge in [-0.2, -0.15) is 0 Å². The van der Waals surface area contributed by atoms with E-state index in [1.807, 2.05) is 24.3 Å². The molecule has 0 fully saturated rings. The molecule has 146 valence electrons. The molecule has 0 saturated carbocycles. The van der Waals surface area contributed by atoms with Crippen LogP contribution in [0, 0.1) is 5.82 Å². The van der Waals surface area contributed by atoms with E-state index in [0.717, 1.165) is 11.1 Å². The number of hydrogen-bond donors (Lipinski definition) is 1. The van der Waals surface area contributed by atoms with Gasteiger partial charge in [-0.15, -0.1) is 13.2 Å². The molecule has 0 heterocycles. The average Bonchev–Trinajstić information content (AvgIpc) is 2.67. The first-order valence-corrected chi connectivity index (χ1v) is 8.43. The topological polar surface area (TPSA) is 30.5 Å². The Balaban J connectivity index is 1.48. The smallest absolute Gasteiger partial charge is 0.489 e. The third-order valence-corrected chi connectivity index (χ3v) is 3.83. The van der Waals surface area contributed by atoms with Gasteiger partial charge in [0.25, 0.3) is 0 Å². The number of nitrogens with one attached hydrogen (secondary N) is 1. The van der Waals surface area contributed by atoms with E-state index in [9.17, 15) is 17.6 Å². The molecule has 0 unspecified atom stereocenters. The highest BCUT2D eigenvalue weighted by Gasteiger charge is 2.30. The summed E-state index contributed by atoms with van der Waals surface area (Å²) in [5, 5.41) is 3.12. The van der Waals surface area contributed by atoms with E-state index in [4.69, 9.17) is 4.74 Å². The number of halogens is 4. The molecule has 0 aliphatic heterocycles. The average molecular weight is 391 g/mol. The van der Waals surface area contributed by atoms with Crippen molar-refractivity contribution < 1.29 is 27.0 Å². The third-order valence-electron chi connectivity index (χ3n) is 3.83. The molecule has 3 aromatic carbocycles. The van der Waals surface area contributed by atoms with Gasteiger partial charge in [-0.3, -0.25) is 0 Å². The van der Waals surface area contributed by atoms with Crippen LogP contribution >= 0.6 is 0 Å². The Kier molecular flexibility index (Phi) is 6.03. The van der Waals surface area contributed by atoms with E-state index in [1.165, 1.54) is 36.4 Å². The zero-order valence-electron chi connectivity index (χ0n) is 14.7. The molecule has 7 heteroatoms. The quantitative estimate of drug-likeness (QED) is 0.508. The highest BCUT2D eigenvalue weighted by Crippen LogP contribution is 2.24. The van der Waals surface area contributed by atoms with Gasteiger partial charge in [0.2, 0.25) is 0 Å². The maximum atomic E-state index is 12.9.